The minimum Gasteiger partial charge on any atom is -0.464 e. The number of furan rings is 1. The number of carbonyl (C=O) groups excluding carboxylic acids is 1. The first-order chi connectivity index (χ1) is 8.33. The van der Waals surface area contributed by atoms with Crippen LogP contribution in [0.5, 0.6) is 0 Å². The van der Waals surface area contributed by atoms with Crippen molar-refractivity contribution in [2.45, 2.75) is 32.0 Å². The van der Waals surface area contributed by atoms with Crippen molar-refractivity contribution < 1.29 is 22.4 Å². The summed E-state index contributed by atoms with van der Waals surface area (Å²) in [5, 5.41) is 2.07. The molecule has 1 heterocycles. The zero-order valence-corrected chi connectivity index (χ0v) is 9.67. The van der Waals surface area contributed by atoms with Crippen molar-refractivity contribution in [1.82, 2.24) is 5.32 Å². The number of aryl methyl sites for hydroxylation is 1. The summed E-state index contributed by atoms with van der Waals surface area (Å²) in [7, 11) is 0. The summed E-state index contributed by atoms with van der Waals surface area (Å²) < 4.78 is 43.8. The summed E-state index contributed by atoms with van der Waals surface area (Å²) in [4.78, 5) is 11.8. The normalized spacial score (nSPS) is 30.6. The number of fused-ring (bicyclic) bond motifs is 1. The monoisotopic (exact) mass is 259 g/mol. The van der Waals surface area contributed by atoms with E-state index in [4.69, 9.17) is 4.42 Å². The molecule has 1 unspecified atom stereocenters. The number of rotatable bonds is 3. The molecule has 1 aromatic heterocycles. The molecular formula is C12H12F3NO2. The van der Waals surface area contributed by atoms with Gasteiger partial charge in [-0.1, -0.05) is 0 Å². The van der Waals surface area contributed by atoms with Crippen LogP contribution >= 0.6 is 0 Å². The van der Waals surface area contributed by atoms with Crippen LogP contribution in [0.1, 0.15) is 30.4 Å². The van der Waals surface area contributed by atoms with Crippen LogP contribution in [-0.4, -0.2) is 12.1 Å². The van der Waals surface area contributed by atoms with Crippen molar-refractivity contribution in [1.29, 1.82) is 0 Å². The molecule has 0 radical (unpaired) electrons. The first-order valence-electron chi connectivity index (χ1n) is 5.77. The predicted octanol–water partition coefficient (Wildman–Crippen LogP) is 2.72. The van der Waals surface area contributed by atoms with Crippen molar-refractivity contribution in [2.75, 3.05) is 0 Å². The molecule has 98 valence electrons. The maximum absolute atomic E-state index is 12.9. The fourth-order valence-corrected chi connectivity index (χ4v) is 2.27. The van der Waals surface area contributed by atoms with Crippen molar-refractivity contribution in [2.24, 2.45) is 11.3 Å². The van der Waals surface area contributed by atoms with Crippen molar-refractivity contribution in [3.05, 3.63) is 23.7 Å². The van der Waals surface area contributed by atoms with Crippen LogP contribution < -0.4 is 5.32 Å². The molecule has 3 nitrogen and oxygen atoms in total. The third-order valence-corrected chi connectivity index (χ3v) is 3.78. The largest absolute Gasteiger partial charge is 0.464 e. The van der Waals surface area contributed by atoms with E-state index in [0.29, 0.717) is 11.7 Å². The third-order valence-electron chi connectivity index (χ3n) is 3.78. The van der Waals surface area contributed by atoms with Crippen LogP contribution in [0, 0.1) is 18.3 Å². The highest BCUT2D eigenvalue weighted by Crippen LogP contribution is 2.75. The smallest absolute Gasteiger partial charge is 0.415 e. The molecule has 3 rings (SSSR count). The Bertz CT molecular complexity index is 500. The highest BCUT2D eigenvalue weighted by Gasteiger charge is 2.75. The number of hydrogen-bond donors (Lipinski definition) is 1. The standard InChI is InChI=1S/C12H12F3NO2/c1-6-2-3-8(18-6)9(12(13,14)15)16-10(17)11-4-7(11)5-11/h2-3,7,9H,4-5H2,1H3,(H,16,17). The van der Waals surface area contributed by atoms with Crippen LogP contribution in [0.25, 0.3) is 0 Å². The lowest BCUT2D eigenvalue weighted by molar-refractivity contribution is -0.167. The van der Waals surface area contributed by atoms with Gasteiger partial charge in [0.25, 0.3) is 0 Å². The van der Waals surface area contributed by atoms with Gasteiger partial charge in [-0.2, -0.15) is 13.2 Å². The zero-order valence-electron chi connectivity index (χ0n) is 9.67. The van der Waals surface area contributed by atoms with Crippen molar-refractivity contribution in [3.8, 4) is 0 Å². The fourth-order valence-electron chi connectivity index (χ4n) is 2.27. The predicted molar refractivity (Wildman–Crippen MR) is 55.5 cm³/mol. The zero-order chi connectivity index (χ0) is 13.1. The summed E-state index contributed by atoms with van der Waals surface area (Å²) in [6, 6.07) is 0.660. The summed E-state index contributed by atoms with van der Waals surface area (Å²) in [5.74, 6) is -0.0569. The number of alkyl halides is 3. The SMILES string of the molecule is Cc1ccc(C(NC(=O)C23CC2C3)C(F)(F)F)o1. The van der Waals surface area contributed by atoms with Crippen LogP contribution in [-0.2, 0) is 4.79 Å². The Balaban J connectivity index is 1.79. The van der Waals surface area contributed by atoms with E-state index in [-0.39, 0.29) is 5.76 Å². The van der Waals surface area contributed by atoms with Crippen molar-refractivity contribution >= 4 is 5.91 Å². The summed E-state index contributed by atoms with van der Waals surface area (Å²) in [6.45, 7) is 1.56. The van der Waals surface area contributed by atoms with E-state index in [0.717, 1.165) is 12.8 Å². The molecule has 1 amide bonds. The quantitative estimate of drug-likeness (QED) is 0.906. The Labute approximate surface area is 101 Å². The van der Waals surface area contributed by atoms with Crippen LogP contribution in [0.3, 0.4) is 0 Å². The van der Waals surface area contributed by atoms with Gasteiger partial charge in [0.15, 0.2) is 6.04 Å². The minimum absolute atomic E-state index is 0.261. The van der Waals surface area contributed by atoms with Gasteiger partial charge in [-0.05, 0) is 37.8 Å². The Hall–Kier alpha value is -1.46. The number of amides is 1. The van der Waals surface area contributed by atoms with Gasteiger partial charge in [-0.15, -0.1) is 0 Å². The molecular weight excluding hydrogens is 247 g/mol. The number of hydrogen-bond acceptors (Lipinski definition) is 2. The lowest BCUT2D eigenvalue weighted by atomic mass is 10.1. The van der Waals surface area contributed by atoms with Gasteiger partial charge in [0, 0.05) is 0 Å². The van der Waals surface area contributed by atoms with Gasteiger partial charge in [-0.3, -0.25) is 4.79 Å². The molecule has 1 aromatic rings. The van der Waals surface area contributed by atoms with Gasteiger partial charge in [0.2, 0.25) is 5.91 Å². The fraction of sp³-hybridized carbons (Fsp3) is 0.583. The second-order valence-corrected chi connectivity index (χ2v) is 5.16. The maximum Gasteiger partial charge on any atom is 0.415 e. The van der Waals surface area contributed by atoms with E-state index >= 15 is 0 Å². The number of halogens is 3. The Kier molecular flexibility index (Phi) is 2.13. The molecule has 2 fully saturated rings. The van der Waals surface area contributed by atoms with E-state index in [1.54, 1.807) is 6.92 Å². The van der Waals surface area contributed by atoms with Gasteiger partial charge in [0.1, 0.15) is 11.5 Å². The van der Waals surface area contributed by atoms with Gasteiger partial charge in [0.05, 0.1) is 5.41 Å². The summed E-state index contributed by atoms with van der Waals surface area (Å²) in [6.07, 6.45) is -3.10. The minimum atomic E-state index is -4.55. The first-order valence-corrected chi connectivity index (χ1v) is 5.77. The highest BCUT2D eigenvalue weighted by atomic mass is 19.4. The van der Waals surface area contributed by atoms with Crippen LogP contribution in [0.4, 0.5) is 13.2 Å². The average molecular weight is 259 g/mol. The van der Waals surface area contributed by atoms with Gasteiger partial charge < -0.3 is 9.73 Å². The molecule has 18 heavy (non-hydrogen) atoms. The van der Waals surface area contributed by atoms with E-state index in [2.05, 4.69) is 5.32 Å². The second kappa shape index (κ2) is 3.30. The molecule has 1 atom stereocenters. The van der Waals surface area contributed by atoms with E-state index in [9.17, 15) is 18.0 Å². The number of nitrogens with one attached hydrogen (secondary N) is 1. The highest BCUT2D eigenvalue weighted by molar-refractivity contribution is 5.90. The lowest BCUT2D eigenvalue weighted by Gasteiger charge is -2.20. The lowest BCUT2D eigenvalue weighted by Crippen LogP contribution is -2.40. The van der Waals surface area contributed by atoms with Crippen molar-refractivity contribution in [3.63, 3.8) is 0 Å². The van der Waals surface area contributed by atoms with Gasteiger partial charge in [-0.25, -0.2) is 0 Å². The molecule has 0 saturated heterocycles. The summed E-state index contributed by atoms with van der Waals surface area (Å²) in [5.41, 5.74) is -0.481. The maximum atomic E-state index is 12.9. The van der Waals surface area contributed by atoms with Crippen LogP contribution in [0.2, 0.25) is 0 Å². The topological polar surface area (TPSA) is 42.2 Å². The molecule has 0 aromatic carbocycles. The van der Waals surface area contributed by atoms with E-state index in [1.807, 2.05) is 0 Å². The molecule has 2 aliphatic carbocycles. The first kappa shape index (κ1) is 11.6. The molecule has 0 aliphatic heterocycles. The molecule has 2 saturated carbocycles. The van der Waals surface area contributed by atoms with E-state index < -0.39 is 23.5 Å². The Morgan fingerprint density at radius 3 is 2.50 bits per heavy atom. The Morgan fingerprint density at radius 1 is 1.50 bits per heavy atom. The average Bonchev–Trinajstić information content (AvgIpc) is 3.04. The second-order valence-electron chi connectivity index (χ2n) is 5.16. The molecule has 2 aliphatic rings. The van der Waals surface area contributed by atoms with Crippen LogP contribution in [0.15, 0.2) is 16.5 Å². The molecule has 0 spiro atoms. The third kappa shape index (κ3) is 1.71. The summed E-state index contributed by atoms with van der Waals surface area (Å²) >= 11 is 0. The van der Waals surface area contributed by atoms with Gasteiger partial charge >= 0.3 is 6.18 Å². The molecule has 1 N–H and O–H groups in total. The Morgan fingerprint density at radius 2 is 2.11 bits per heavy atom. The van der Waals surface area contributed by atoms with E-state index in [1.165, 1.54) is 12.1 Å². The number of carbonyl (C=O) groups is 1. The molecule has 0 bridgehead atoms. The molecule has 6 heteroatoms.